The highest BCUT2D eigenvalue weighted by atomic mass is 35.5. The summed E-state index contributed by atoms with van der Waals surface area (Å²) >= 11 is 5.91. The van der Waals surface area contributed by atoms with Gasteiger partial charge in [-0.25, -0.2) is 5.01 Å². The maximum atomic E-state index is 12.7. The van der Waals surface area contributed by atoms with Crippen molar-refractivity contribution < 1.29 is 4.79 Å². The van der Waals surface area contributed by atoms with Crippen LogP contribution in [-0.4, -0.2) is 28.4 Å². The Hall–Kier alpha value is -2.82. The van der Waals surface area contributed by atoms with Crippen molar-refractivity contribution in [2.24, 2.45) is 5.41 Å². The van der Waals surface area contributed by atoms with Crippen LogP contribution in [0.3, 0.4) is 0 Å². The molecule has 29 heavy (non-hydrogen) atoms. The van der Waals surface area contributed by atoms with Gasteiger partial charge in [-0.1, -0.05) is 39.3 Å². The molecule has 2 N–H and O–H groups in total. The summed E-state index contributed by atoms with van der Waals surface area (Å²) in [6.07, 6.45) is 3.95. The fourth-order valence-corrected chi connectivity index (χ4v) is 3.17. The van der Waals surface area contributed by atoms with Crippen molar-refractivity contribution in [2.45, 2.75) is 46.6 Å². The number of carbonyl (C=O) groups excluding carboxylic acids is 1. The molecule has 1 aliphatic rings. The number of rotatable bonds is 6. The minimum absolute atomic E-state index is 0.208. The van der Waals surface area contributed by atoms with Gasteiger partial charge < -0.3 is 5.32 Å². The van der Waals surface area contributed by atoms with Crippen LogP contribution in [0, 0.1) is 16.9 Å². The van der Waals surface area contributed by atoms with Gasteiger partial charge in [0.25, 0.3) is 5.91 Å². The van der Waals surface area contributed by atoms with Gasteiger partial charge in [0.15, 0.2) is 0 Å². The molecule has 1 aromatic carbocycles. The van der Waals surface area contributed by atoms with Gasteiger partial charge in [0.1, 0.15) is 0 Å². The van der Waals surface area contributed by atoms with E-state index in [0.29, 0.717) is 10.6 Å². The first-order chi connectivity index (χ1) is 13.8. The monoisotopic (exact) mass is 412 g/mol. The molecular formula is C21H25ClN6O. The predicted octanol–water partition coefficient (Wildman–Crippen LogP) is 3.49. The largest absolute Gasteiger partial charge is 0.336 e. The zero-order chi connectivity index (χ0) is 21.2. The maximum Gasteiger partial charge on any atom is 0.252 e. The summed E-state index contributed by atoms with van der Waals surface area (Å²) in [5.41, 5.74) is 2.02. The Balaban J connectivity index is 1.77. The Morgan fingerprint density at radius 1 is 1.31 bits per heavy atom. The number of hydrazine groups is 1. The number of pyridine rings is 1. The number of aryl methyl sites for hydroxylation is 1. The molecule has 2 heterocycles. The van der Waals surface area contributed by atoms with Crippen molar-refractivity contribution >= 4 is 23.2 Å². The molecule has 2 unspecified atom stereocenters. The van der Waals surface area contributed by atoms with Gasteiger partial charge in [-0.15, -0.1) is 0 Å². The number of hydrogen-bond acceptors (Lipinski definition) is 6. The number of nitriles is 1. The van der Waals surface area contributed by atoms with Gasteiger partial charge in [-0.3, -0.25) is 15.1 Å². The maximum absolute atomic E-state index is 12.7. The molecular weight excluding hydrogens is 388 g/mol. The van der Waals surface area contributed by atoms with Crippen LogP contribution in [0.15, 0.2) is 42.6 Å². The lowest BCUT2D eigenvalue weighted by Gasteiger charge is -2.32. The van der Waals surface area contributed by atoms with E-state index in [1.54, 1.807) is 30.5 Å². The minimum atomic E-state index is -0.377. The number of amides is 1. The summed E-state index contributed by atoms with van der Waals surface area (Å²) in [5.74, 6) is -0.208. The highest BCUT2D eigenvalue weighted by Crippen LogP contribution is 2.34. The second-order valence-electron chi connectivity index (χ2n) is 7.93. The number of anilines is 1. The summed E-state index contributed by atoms with van der Waals surface area (Å²) < 4.78 is 0. The van der Waals surface area contributed by atoms with Crippen LogP contribution >= 0.6 is 11.6 Å². The lowest BCUT2D eigenvalue weighted by Crippen LogP contribution is -2.55. The van der Waals surface area contributed by atoms with Gasteiger partial charge in [0.2, 0.25) is 12.5 Å². The molecule has 0 aliphatic carbocycles. The second-order valence-corrected chi connectivity index (χ2v) is 8.37. The molecule has 2 aromatic rings. The average molecular weight is 413 g/mol. The van der Waals surface area contributed by atoms with E-state index in [0.717, 1.165) is 17.8 Å². The lowest BCUT2D eigenvalue weighted by atomic mass is 9.92. The molecule has 1 fully saturated rings. The molecule has 1 aromatic heterocycles. The normalized spacial score (nSPS) is 16.9. The second kappa shape index (κ2) is 8.27. The smallest absolute Gasteiger partial charge is 0.252 e. The van der Waals surface area contributed by atoms with E-state index < -0.39 is 0 Å². The van der Waals surface area contributed by atoms with Gasteiger partial charge in [0.05, 0.1) is 17.5 Å². The van der Waals surface area contributed by atoms with Crippen molar-refractivity contribution in [3.63, 3.8) is 0 Å². The molecule has 7 nitrogen and oxygen atoms in total. The summed E-state index contributed by atoms with van der Waals surface area (Å²) in [4.78, 5) is 17.1. The number of aromatic nitrogens is 1. The SMILES string of the molecule is CCc1ncccc1N1C(NC(NC(=O)c2ccc(Cl)cc2)C(C)(C)C)N1C#N. The van der Waals surface area contributed by atoms with Crippen molar-refractivity contribution in [1.82, 2.24) is 20.6 Å². The third-order valence-corrected chi connectivity index (χ3v) is 5.01. The summed E-state index contributed by atoms with van der Waals surface area (Å²) in [6.45, 7) is 8.10. The molecule has 0 spiro atoms. The van der Waals surface area contributed by atoms with Crippen LogP contribution < -0.4 is 15.6 Å². The van der Waals surface area contributed by atoms with Gasteiger partial charge >= 0.3 is 0 Å². The van der Waals surface area contributed by atoms with E-state index in [4.69, 9.17) is 11.6 Å². The summed E-state index contributed by atoms with van der Waals surface area (Å²) in [7, 11) is 0. The lowest BCUT2D eigenvalue weighted by molar-refractivity contribution is 0.0878. The van der Waals surface area contributed by atoms with E-state index in [1.807, 2.05) is 44.8 Å². The van der Waals surface area contributed by atoms with Crippen LogP contribution in [0.4, 0.5) is 5.69 Å². The van der Waals surface area contributed by atoms with Crippen molar-refractivity contribution in [1.29, 1.82) is 5.26 Å². The molecule has 0 radical (unpaired) electrons. The predicted molar refractivity (Wildman–Crippen MR) is 113 cm³/mol. The van der Waals surface area contributed by atoms with E-state index in [9.17, 15) is 10.1 Å². The Kier molecular flexibility index (Phi) is 5.96. The van der Waals surface area contributed by atoms with Gasteiger partial charge in [-0.2, -0.15) is 10.3 Å². The van der Waals surface area contributed by atoms with Gasteiger partial charge in [0, 0.05) is 16.8 Å². The number of nitrogens with zero attached hydrogens (tertiary/aromatic N) is 4. The first-order valence-electron chi connectivity index (χ1n) is 9.50. The third-order valence-electron chi connectivity index (χ3n) is 4.75. The number of halogens is 1. The standard InChI is InChI=1S/C21H25ClN6O/c1-5-16-17(7-6-12-24-16)28-20(27(28)13-23)26-19(21(2,3)4)25-18(29)14-8-10-15(22)11-9-14/h6-12,19-20,26H,5H2,1-4H3,(H,25,29). The van der Waals surface area contributed by atoms with Crippen LogP contribution in [0.5, 0.6) is 0 Å². The Morgan fingerprint density at radius 3 is 2.59 bits per heavy atom. The van der Waals surface area contributed by atoms with E-state index in [1.165, 1.54) is 5.01 Å². The third kappa shape index (κ3) is 4.61. The van der Waals surface area contributed by atoms with Crippen molar-refractivity contribution in [2.75, 3.05) is 5.01 Å². The van der Waals surface area contributed by atoms with E-state index in [2.05, 4.69) is 21.8 Å². The molecule has 0 bridgehead atoms. The quantitative estimate of drug-likeness (QED) is 0.429. The number of nitrogens with one attached hydrogen (secondary N) is 2. The zero-order valence-corrected chi connectivity index (χ0v) is 17.7. The molecule has 3 rings (SSSR count). The molecule has 2 atom stereocenters. The molecule has 1 aliphatic heterocycles. The Bertz CT molecular complexity index is 918. The first kappa shape index (κ1) is 20.9. The Labute approximate surface area is 176 Å². The van der Waals surface area contributed by atoms with Crippen LogP contribution in [0.1, 0.15) is 43.7 Å². The van der Waals surface area contributed by atoms with Crippen LogP contribution in [0.2, 0.25) is 5.02 Å². The highest BCUT2D eigenvalue weighted by molar-refractivity contribution is 6.30. The van der Waals surface area contributed by atoms with Crippen LogP contribution in [0.25, 0.3) is 0 Å². The first-order valence-corrected chi connectivity index (χ1v) is 9.88. The minimum Gasteiger partial charge on any atom is -0.336 e. The fraction of sp³-hybridized carbons (Fsp3) is 0.381. The fourth-order valence-electron chi connectivity index (χ4n) is 3.05. The van der Waals surface area contributed by atoms with Crippen molar-refractivity contribution in [3.8, 4) is 6.19 Å². The average Bonchev–Trinajstić information content (AvgIpc) is 3.39. The van der Waals surface area contributed by atoms with Crippen LogP contribution in [-0.2, 0) is 6.42 Å². The number of benzene rings is 1. The zero-order valence-electron chi connectivity index (χ0n) is 17.0. The van der Waals surface area contributed by atoms with Gasteiger partial charge in [-0.05, 0) is 48.2 Å². The molecule has 8 heteroatoms. The topological polar surface area (TPSA) is 83.8 Å². The highest BCUT2D eigenvalue weighted by Gasteiger charge is 2.49. The summed E-state index contributed by atoms with van der Waals surface area (Å²) in [5, 5.41) is 19.9. The molecule has 152 valence electrons. The van der Waals surface area contributed by atoms with Crippen molar-refractivity contribution in [3.05, 3.63) is 58.9 Å². The summed E-state index contributed by atoms with van der Waals surface area (Å²) in [6, 6.07) is 10.5. The molecule has 1 saturated heterocycles. The number of hydrogen-bond donors (Lipinski definition) is 2. The molecule has 0 saturated carbocycles. The molecule has 1 amide bonds. The Morgan fingerprint density at radius 2 is 2.00 bits per heavy atom. The van der Waals surface area contributed by atoms with E-state index in [-0.39, 0.29) is 23.8 Å². The van der Waals surface area contributed by atoms with E-state index >= 15 is 0 Å². The number of carbonyl (C=O) groups is 1.